The summed E-state index contributed by atoms with van der Waals surface area (Å²) in [5, 5.41) is 4.50. The van der Waals surface area contributed by atoms with Gasteiger partial charge >= 0.3 is 0 Å². The van der Waals surface area contributed by atoms with Crippen LogP contribution in [0.25, 0.3) is 87.4 Å². The van der Waals surface area contributed by atoms with E-state index in [-0.39, 0.29) is 0 Å². The van der Waals surface area contributed by atoms with Gasteiger partial charge in [-0.15, -0.1) is 11.3 Å². The second kappa shape index (κ2) is 9.97. The van der Waals surface area contributed by atoms with Gasteiger partial charge in [-0.1, -0.05) is 97.1 Å². The van der Waals surface area contributed by atoms with Crippen molar-refractivity contribution in [2.45, 2.75) is 0 Å². The topological polar surface area (TPSA) is 51.8 Å². The highest BCUT2D eigenvalue weighted by Gasteiger charge is 2.18. The van der Waals surface area contributed by atoms with Crippen molar-refractivity contribution in [1.82, 2.24) is 15.0 Å². The lowest BCUT2D eigenvalue weighted by atomic mass is 10.0. The molecular formula is C39H23N3OS. The first-order chi connectivity index (χ1) is 21.8. The molecule has 4 nitrogen and oxygen atoms in total. The number of thiophene rings is 1. The summed E-state index contributed by atoms with van der Waals surface area (Å²) in [6, 6.07) is 48.0. The third-order valence-corrected chi connectivity index (χ3v) is 9.28. The first-order valence-electron chi connectivity index (χ1n) is 14.5. The Morgan fingerprint density at radius 2 is 1.05 bits per heavy atom. The fraction of sp³-hybridized carbons (Fsp3) is 0. The van der Waals surface area contributed by atoms with Gasteiger partial charge < -0.3 is 4.42 Å². The highest BCUT2D eigenvalue weighted by atomic mass is 32.1. The number of hydrogen-bond donors (Lipinski definition) is 0. The van der Waals surface area contributed by atoms with Gasteiger partial charge in [0.15, 0.2) is 17.5 Å². The maximum Gasteiger partial charge on any atom is 0.164 e. The minimum Gasteiger partial charge on any atom is -0.456 e. The molecule has 9 rings (SSSR count). The van der Waals surface area contributed by atoms with E-state index in [2.05, 4.69) is 103 Å². The number of aromatic nitrogens is 3. The van der Waals surface area contributed by atoms with Crippen molar-refractivity contribution in [1.29, 1.82) is 0 Å². The summed E-state index contributed by atoms with van der Waals surface area (Å²) in [4.78, 5) is 15.4. The molecule has 0 saturated carbocycles. The molecule has 0 amide bonds. The summed E-state index contributed by atoms with van der Waals surface area (Å²) in [6.45, 7) is 0. The zero-order chi connectivity index (χ0) is 29.0. The van der Waals surface area contributed by atoms with E-state index in [1.54, 1.807) is 11.3 Å². The zero-order valence-corrected chi connectivity index (χ0v) is 24.3. The third-order valence-electron chi connectivity index (χ3n) is 8.14. The lowest BCUT2D eigenvalue weighted by Crippen LogP contribution is -2.00. The van der Waals surface area contributed by atoms with Crippen molar-refractivity contribution in [2.75, 3.05) is 0 Å². The molecule has 3 heterocycles. The Balaban J connectivity index is 1.29. The number of fused-ring (bicyclic) bond motifs is 6. The van der Waals surface area contributed by atoms with E-state index in [1.165, 1.54) is 20.2 Å². The van der Waals surface area contributed by atoms with Crippen molar-refractivity contribution in [3.8, 4) is 45.3 Å². The molecule has 0 spiro atoms. The molecule has 5 heteroatoms. The summed E-state index contributed by atoms with van der Waals surface area (Å²) in [6.07, 6.45) is 0. The first-order valence-corrected chi connectivity index (χ1v) is 15.3. The number of para-hydroxylation sites is 1. The number of hydrogen-bond acceptors (Lipinski definition) is 5. The fourth-order valence-electron chi connectivity index (χ4n) is 6.05. The summed E-state index contributed by atoms with van der Waals surface area (Å²) in [5.41, 5.74) is 6.82. The van der Waals surface area contributed by atoms with E-state index < -0.39 is 0 Å². The van der Waals surface area contributed by atoms with Crippen molar-refractivity contribution >= 4 is 53.4 Å². The van der Waals surface area contributed by atoms with Crippen LogP contribution in [0, 0.1) is 0 Å². The van der Waals surface area contributed by atoms with Crippen LogP contribution in [-0.4, -0.2) is 15.0 Å². The lowest BCUT2D eigenvalue weighted by Gasteiger charge is -2.11. The summed E-state index contributed by atoms with van der Waals surface area (Å²) in [7, 11) is 0. The van der Waals surface area contributed by atoms with Gasteiger partial charge in [-0.05, 0) is 53.6 Å². The Kier molecular flexibility index (Phi) is 5.64. The van der Waals surface area contributed by atoms with Gasteiger partial charge in [-0.3, -0.25) is 0 Å². The molecule has 0 aliphatic carbocycles. The monoisotopic (exact) mass is 581 g/mol. The quantitative estimate of drug-likeness (QED) is 0.207. The van der Waals surface area contributed by atoms with Crippen LogP contribution in [0.4, 0.5) is 0 Å². The van der Waals surface area contributed by atoms with Crippen LogP contribution in [0.5, 0.6) is 0 Å². The van der Waals surface area contributed by atoms with Crippen LogP contribution in [0.2, 0.25) is 0 Å². The Labute approximate surface area is 256 Å². The van der Waals surface area contributed by atoms with E-state index in [4.69, 9.17) is 19.4 Å². The molecule has 0 fully saturated rings. The number of benzene rings is 6. The Morgan fingerprint density at radius 3 is 1.93 bits per heavy atom. The maximum absolute atomic E-state index is 6.11. The average molecular weight is 582 g/mol. The van der Waals surface area contributed by atoms with Gasteiger partial charge in [0.25, 0.3) is 0 Å². The molecule has 3 aromatic heterocycles. The lowest BCUT2D eigenvalue weighted by molar-refractivity contribution is 0.669. The minimum atomic E-state index is 0.624. The molecule has 206 valence electrons. The predicted molar refractivity (Wildman–Crippen MR) is 182 cm³/mol. The maximum atomic E-state index is 6.11. The predicted octanol–water partition coefficient (Wildman–Crippen LogP) is 10.8. The molecule has 0 N–H and O–H groups in total. The van der Waals surface area contributed by atoms with Gasteiger partial charge in [0, 0.05) is 47.6 Å². The first kappa shape index (κ1) is 24.9. The highest BCUT2D eigenvalue weighted by Crippen LogP contribution is 2.40. The van der Waals surface area contributed by atoms with E-state index in [9.17, 15) is 0 Å². The van der Waals surface area contributed by atoms with Gasteiger partial charge in [0.1, 0.15) is 11.2 Å². The molecule has 0 saturated heterocycles. The van der Waals surface area contributed by atoms with Gasteiger partial charge in [0.2, 0.25) is 0 Å². The second-order valence-electron chi connectivity index (χ2n) is 10.8. The fourth-order valence-corrected chi connectivity index (χ4v) is 7.18. The molecule has 0 bridgehead atoms. The Bertz CT molecular complexity index is 2510. The third kappa shape index (κ3) is 4.09. The molecule has 6 aromatic carbocycles. The summed E-state index contributed by atoms with van der Waals surface area (Å²) < 4.78 is 8.57. The molecule has 0 atom stereocenters. The molecule has 44 heavy (non-hydrogen) atoms. The largest absolute Gasteiger partial charge is 0.456 e. The molecule has 0 unspecified atom stereocenters. The van der Waals surface area contributed by atoms with Crippen LogP contribution >= 0.6 is 11.3 Å². The smallest absolute Gasteiger partial charge is 0.164 e. The molecule has 0 radical (unpaired) electrons. The number of rotatable bonds is 4. The van der Waals surface area contributed by atoms with E-state index in [1.807, 2.05) is 36.4 Å². The normalized spacial score (nSPS) is 11.6. The Morgan fingerprint density at radius 1 is 0.409 bits per heavy atom. The SMILES string of the molecule is c1ccc(-c2cccc(-c3nc(-c4ccc5oc6ccccc6c5c4)nc(-c4cccc5sc6ccccc6c45)n3)c2)cc1. The van der Waals surface area contributed by atoms with E-state index in [0.29, 0.717) is 17.5 Å². The van der Waals surface area contributed by atoms with Crippen molar-refractivity contribution in [3.63, 3.8) is 0 Å². The molecule has 0 aliphatic rings. The summed E-state index contributed by atoms with van der Waals surface area (Å²) in [5.74, 6) is 1.91. The van der Waals surface area contributed by atoms with Crippen LogP contribution in [0.15, 0.2) is 144 Å². The van der Waals surface area contributed by atoms with Crippen molar-refractivity contribution < 1.29 is 4.42 Å². The van der Waals surface area contributed by atoms with Crippen molar-refractivity contribution in [2.24, 2.45) is 0 Å². The molecular weight excluding hydrogens is 559 g/mol. The van der Waals surface area contributed by atoms with Crippen LogP contribution in [0.1, 0.15) is 0 Å². The second-order valence-corrected chi connectivity index (χ2v) is 11.9. The number of nitrogens with zero attached hydrogens (tertiary/aromatic N) is 3. The van der Waals surface area contributed by atoms with Crippen LogP contribution in [-0.2, 0) is 0 Å². The van der Waals surface area contributed by atoms with Crippen LogP contribution in [0.3, 0.4) is 0 Å². The Hall–Kier alpha value is -5.65. The van der Waals surface area contributed by atoms with Gasteiger partial charge in [-0.25, -0.2) is 15.0 Å². The molecule has 0 aliphatic heterocycles. The summed E-state index contributed by atoms with van der Waals surface area (Å²) >= 11 is 1.79. The van der Waals surface area contributed by atoms with Crippen LogP contribution < -0.4 is 0 Å². The van der Waals surface area contributed by atoms with Crippen molar-refractivity contribution in [3.05, 3.63) is 140 Å². The highest BCUT2D eigenvalue weighted by molar-refractivity contribution is 7.25. The minimum absolute atomic E-state index is 0.624. The van der Waals surface area contributed by atoms with Gasteiger partial charge in [-0.2, -0.15) is 0 Å². The zero-order valence-electron chi connectivity index (χ0n) is 23.4. The average Bonchev–Trinajstić information content (AvgIpc) is 3.67. The number of furan rings is 1. The van der Waals surface area contributed by atoms with E-state index in [0.717, 1.165) is 49.8 Å². The van der Waals surface area contributed by atoms with Gasteiger partial charge in [0.05, 0.1) is 0 Å². The van der Waals surface area contributed by atoms with E-state index >= 15 is 0 Å². The standard InChI is InChI=1S/C39H23N3OS/c1-2-10-24(11-3-1)25-12-8-13-26(22-25)37-40-38(27-20-21-33-31(23-27)28-14-4-6-17-32(28)43-33)42-39(41-37)30-16-9-19-35-36(30)29-15-5-7-18-34(29)44-35/h1-23H. The molecule has 9 aromatic rings.